The first kappa shape index (κ1) is 19.5. The Labute approximate surface area is 175 Å². The van der Waals surface area contributed by atoms with Crippen LogP contribution in [-0.4, -0.2) is 53.2 Å². The van der Waals surface area contributed by atoms with Crippen LogP contribution in [-0.2, 0) is 6.54 Å². The van der Waals surface area contributed by atoms with E-state index in [0.717, 1.165) is 37.3 Å². The number of nitrogens with zero attached hydrogens (tertiary/aromatic N) is 2. The van der Waals surface area contributed by atoms with Crippen LogP contribution < -0.4 is 0 Å². The van der Waals surface area contributed by atoms with Crippen LogP contribution in [0.1, 0.15) is 50.5 Å². The molecule has 0 saturated carbocycles. The Balaban J connectivity index is 1.40. The van der Waals surface area contributed by atoms with Crippen LogP contribution in [0.15, 0.2) is 42.5 Å². The molecule has 1 N–H and O–H groups in total. The van der Waals surface area contributed by atoms with Gasteiger partial charge in [0.15, 0.2) is 0 Å². The molecule has 0 radical (unpaired) electrons. The fourth-order valence-electron chi connectivity index (χ4n) is 6.70. The molecule has 3 saturated heterocycles. The fourth-order valence-corrected chi connectivity index (χ4v) is 6.70. The van der Waals surface area contributed by atoms with Crippen LogP contribution >= 0.6 is 0 Å². The zero-order valence-corrected chi connectivity index (χ0v) is 17.7. The number of fused-ring (bicyclic) bond motifs is 1. The average Bonchev–Trinajstić information content (AvgIpc) is 2.76. The Kier molecular flexibility index (Phi) is 5.90. The number of unbranched alkanes of at least 4 members (excludes halogenated alkanes) is 1. The van der Waals surface area contributed by atoms with E-state index in [0.29, 0.717) is 12.6 Å². The molecule has 3 heterocycles. The lowest BCUT2D eigenvalue weighted by atomic mass is 9.69. The maximum absolute atomic E-state index is 9.34. The van der Waals surface area contributed by atoms with Gasteiger partial charge in [0.2, 0.25) is 0 Å². The van der Waals surface area contributed by atoms with Gasteiger partial charge >= 0.3 is 0 Å². The maximum atomic E-state index is 9.34. The van der Waals surface area contributed by atoms with Gasteiger partial charge in [-0.3, -0.25) is 9.80 Å². The molecule has 156 valence electrons. The van der Waals surface area contributed by atoms with Crippen molar-refractivity contribution < 1.29 is 5.11 Å². The standard InChI is InChI=1S/C26H36N2O/c29-16-4-3-11-25-24-10-6-15-27-14-5-9-23(26(24)27)19-28(25)18-20-12-13-21-7-1-2-8-22(21)17-20/h1-2,7-8,12-13,17,23-26,29H,3-6,9-11,14-16,18-19H2/t23-,24-,25-,26+/m1/s1. The van der Waals surface area contributed by atoms with Crippen molar-refractivity contribution >= 4 is 10.8 Å². The third-order valence-corrected chi connectivity index (χ3v) is 7.89. The van der Waals surface area contributed by atoms with Crippen molar-refractivity contribution in [1.82, 2.24) is 9.80 Å². The number of benzene rings is 2. The van der Waals surface area contributed by atoms with Crippen LogP contribution in [0.4, 0.5) is 0 Å². The van der Waals surface area contributed by atoms with Gasteiger partial charge < -0.3 is 5.11 Å². The topological polar surface area (TPSA) is 26.7 Å². The number of aliphatic hydroxyl groups excluding tert-OH is 1. The summed E-state index contributed by atoms with van der Waals surface area (Å²) in [5, 5.41) is 12.0. The highest BCUT2D eigenvalue weighted by molar-refractivity contribution is 5.82. The summed E-state index contributed by atoms with van der Waals surface area (Å²) >= 11 is 0. The Morgan fingerprint density at radius 3 is 2.62 bits per heavy atom. The van der Waals surface area contributed by atoms with E-state index in [9.17, 15) is 5.11 Å². The van der Waals surface area contributed by atoms with Gasteiger partial charge in [0, 0.05) is 31.8 Å². The molecule has 0 spiro atoms. The van der Waals surface area contributed by atoms with Gasteiger partial charge in [0.1, 0.15) is 0 Å². The third kappa shape index (κ3) is 3.97. The monoisotopic (exact) mass is 392 g/mol. The molecule has 5 rings (SSSR count). The average molecular weight is 393 g/mol. The normalized spacial score (nSPS) is 30.4. The van der Waals surface area contributed by atoms with E-state index in [-0.39, 0.29) is 0 Å². The Morgan fingerprint density at radius 1 is 0.931 bits per heavy atom. The second-order valence-electron chi connectivity index (χ2n) is 9.63. The molecule has 2 aromatic carbocycles. The van der Waals surface area contributed by atoms with Gasteiger partial charge in [-0.25, -0.2) is 0 Å². The Morgan fingerprint density at radius 2 is 1.76 bits per heavy atom. The van der Waals surface area contributed by atoms with E-state index >= 15 is 0 Å². The number of rotatable bonds is 6. The highest BCUT2D eigenvalue weighted by Crippen LogP contribution is 2.43. The summed E-state index contributed by atoms with van der Waals surface area (Å²) in [6, 6.07) is 17.3. The molecule has 0 aromatic heterocycles. The van der Waals surface area contributed by atoms with Crippen molar-refractivity contribution in [1.29, 1.82) is 0 Å². The van der Waals surface area contributed by atoms with Crippen molar-refractivity contribution in [2.45, 2.75) is 63.6 Å². The van der Waals surface area contributed by atoms with Gasteiger partial charge in [0.25, 0.3) is 0 Å². The molecule has 3 heteroatoms. The van der Waals surface area contributed by atoms with Crippen molar-refractivity contribution in [3.05, 3.63) is 48.0 Å². The van der Waals surface area contributed by atoms with Crippen molar-refractivity contribution in [2.75, 3.05) is 26.2 Å². The number of aliphatic hydroxyl groups is 1. The van der Waals surface area contributed by atoms with Gasteiger partial charge in [-0.05, 0) is 92.3 Å². The minimum absolute atomic E-state index is 0.334. The third-order valence-electron chi connectivity index (χ3n) is 7.89. The smallest absolute Gasteiger partial charge is 0.0431 e. The van der Waals surface area contributed by atoms with Gasteiger partial charge in [0.05, 0.1) is 0 Å². The quantitative estimate of drug-likeness (QED) is 0.723. The molecule has 0 amide bonds. The highest BCUT2D eigenvalue weighted by atomic mass is 16.2. The molecule has 3 aliphatic rings. The SMILES string of the molecule is OCCCC[C@@H]1[C@H]2CCCN3CCC[C@H](CN1Cc1ccc4ccccc4c1)[C@@H]23. The molecule has 2 aromatic rings. The lowest BCUT2D eigenvalue weighted by Gasteiger charge is -2.57. The predicted molar refractivity (Wildman–Crippen MR) is 120 cm³/mol. The molecule has 3 aliphatic heterocycles. The molecular formula is C26H36N2O. The zero-order chi connectivity index (χ0) is 19.6. The summed E-state index contributed by atoms with van der Waals surface area (Å²) in [6.45, 7) is 5.32. The molecule has 0 aliphatic carbocycles. The number of hydrogen-bond acceptors (Lipinski definition) is 3. The fraction of sp³-hybridized carbons (Fsp3) is 0.615. The largest absolute Gasteiger partial charge is 0.396 e. The van der Waals surface area contributed by atoms with Crippen LogP contribution in [0.5, 0.6) is 0 Å². The Bertz CT molecular complexity index is 819. The van der Waals surface area contributed by atoms with Gasteiger partial charge in [-0.1, -0.05) is 36.4 Å². The van der Waals surface area contributed by atoms with E-state index in [2.05, 4.69) is 52.3 Å². The second kappa shape index (κ2) is 8.75. The first-order valence-electron chi connectivity index (χ1n) is 11.9. The lowest BCUT2D eigenvalue weighted by Crippen LogP contribution is -2.64. The number of hydrogen-bond donors (Lipinski definition) is 1. The minimum Gasteiger partial charge on any atom is -0.396 e. The molecule has 3 fully saturated rings. The van der Waals surface area contributed by atoms with E-state index < -0.39 is 0 Å². The highest BCUT2D eigenvalue weighted by Gasteiger charge is 2.48. The summed E-state index contributed by atoms with van der Waals surface area (Å²) in [5.41, 5.74) is 1.46. The predicted octanol–water partition coefficient (Wildman–Crippen LogP) is 4.68. The van der Waals surface area contributed by atoms with Gasteiger partial charge in [-0.2, -0.15) is 0 Å². The van der Waals surface area contributed by atoms with Crippen LogP contribution in [0.3, 0.4) is 0 Å². The molecule has 0 bridgehead atoms. The van der Waals surface area contributed by atoms with Crippen LogP contribution in [0, 0.1) is 11.8 Å². The van der Waals surface area contributed by atoms with Crippen molar-refractivity contribution in [2.24, 2.45) is 11.8 Å². The summed E-state index contributed by atoms with van der Waals surface area (Å²) < 4.78 is 0. The summed E-state index contributed by atoms with van der Waals surface area (Å²) in [5.74, 6) is 1.67. The first-order valence-corrected chi connectivity index (χ1v) is 11.9. The number of likely N-dealkylation sites (tertiary alicyclic amines) is 1. The second-order valence-corrected chi connectivity index (χ2v) is 9.63. The summed E-state index contributed by atoms with van der Waals surface area (Å²) in [6.07, 6.45) is 8.91. The van der Waals surface area contributed by atoms with E-state index in [1.807, 2.05) is 0 Å². The van der Waals surface area contributed by atoms with Crippen molar-refractivity contribution in [3.63, 3.8) is 0 Å². The van der Waals surface area contributed by atoms with E-state index in [4.69, 9.17) is 0 Å². The van der Waals surface area contributed by atoms with E-state index in [1.165, 1.54) is 68.1 Å². The van der Waals surface area contributed by atoms with E-state index in [1.54, 1.807) is 0 Å². The number of piperidine rings is 3. The van der Waals surface area contributed by atoms with Crippen LogP contribution in [0.25, 0.3) is 10.8 Å². The molecule has 29 heavy (non-hydrogen) atoms. The maximum Gasteiger partial charge on any atom is 0.0431 e. The summed E-state index contributed by atoms with van der Waals surface area (Å²) in [4.78, 5) is 5.68. The minimum atomic E-state index is 0.334. The molecule has 0 unspecified atom stereocenters. The van der Waals surface area contributed by atoms with Crippen molar-refractivity contribution in [3.8, 4) is 0 Å². The lowest BCUT2D eigenvalue weighted by molar-refractivity contribution is -0.0812. The Hall–Kier alpha value is -1.42. The van der Waals surface area contributed by atoms with Crippen LogP contribution in [0.2, 0.25) is 0 Å². The van der Waals surface area contributed by atoms with Gasteiger partial charge in [-0.15, -0.1) is 0 Å². The molecule has 3 nitrogen and oxygen atoms in total. The molecule has 4 atom stereocenters. The molecular weight excluding hydrogens is 356 g/mol. The zero-order valence-electron chi connectivity index (χ0n) is 17.7. The summed E-state index contributed by atoms with van der Waals surface area (Å²) in [7, 11) is 0. The first-order chi connectivity index (χ1) is 14.3.